The fraction of sp³-hybridized carbons (Fsp3) is 0.500. The predicted octanol–water partition coefficient (Wildman–Crippen LogP) is 0.347. The molecule has 21 heavy (non-hydrogen) atoms. The van der Waals surface area contributed by atoms with Crippen molar-refractivity contribution in [2.45, 2.75) is 48.7 Å². The van der Waals surface area contributed by atoms with Crippen molar-refractivity contribution >= 4 is 15.9 Å². The molecule has 2 aliphatic heterocycles. The van der Waals surface area contributed by atoms with Crippen molar-refractivity contribution < 1.29 is 13.2 Å². The van der Waals surface area contributed by atoms with Crippen LogP contribution in [0.1, 0.15) is 36.0 Å². The molecule has 2 unspecified atom stereocenters. The maximum absolute atomic E-state index is 12.4. The fourth-order valence-electron chi connectivity index (χ4n) is 3.26. The van der Waals surface area contributed by atoms with E-state index in [9.17, 15) is 13.2 Å². The number of fused-ring (bicyclic) bond motifs is 2. The summed E-state index contributed by atoms with van der Waals surface area (Å²) in [4.78, 5) is 11.3. The number of benzene rings is 1. The Morgan fingerprint density at radius 3 is 2.52 bits per heavy atom. The Morgan fingerprint density at radius 1 is 1.24 bits per heavy atom. The summed E-state index contributed by atoms with van der Waals surface area (Å²) in [7, 11) is -3.62. The molecule has 1 amide bonds. The van der Waals surface area contributed by atoms with E-state index >= 15 is 0 Å². The van der Waals surface area contributed by atoms with Crippen molar-refractivity contribution in [3.8, 4) is 0 Å². The number of hydrogen-bond acceptors (Lipinski definition) is 4. The average molecular weight is 309 g/mol. The molecule has 0 spiro atoms. The molecule has 2 aliphatic rings. The van der Waals surface area contributed by atoms with E-state index in [1.54, 1.807) is 0 Å². The minimum Gasteiger partial charge on any atom is -0.366 e. The molecule has 2 atom stereocenters. The summed E-state index contributed by atoms with van der Waals surface area (Å²) >= 11 is 0. The largest absolute Gasteiger partial charge is 0.366 e. The van der Waals surface area contributed by atoms with E-state index < -0.39 is 15.9 Å². The van der Waals surface area contributed by atoms with Crippen LogP contribution in [0.15, 0.2) is 29.2 Å². The van der Waals surface area contributed by atoms with Gasteiger partial charge in [-0.3, -0.25) is 4.79 Å². The van der Waals surface area contributed by atoms with Gasteiger partial charge in [-0.25, -0.2) is 13.1 Å². The van der Waals surface area contributed by atoms with E-state index in [1.165, 1.54) is 24.3 Å². The van der Waals surface area contributed by atoms with Crippen molar-refractivity contribution in [2.24, 2.45) is 5.73 Å². The summed E-state index contributed by atoms with van der Waals surface area (Å²) in [5.74, 6) is -0.632. The van der Waals surface area contributed by atoms with Gasteiger partial charge >= 0.3 is 0 Å². The van der Waals surface area contributed by atoms with Crippen LogP contribution in [0.3, 0.4) is 0 Å². The summed E-state index contributed by atoms with van der Waals surface area (Å²) in [6.07, 6.45) is 3.84. The van der Waals surface area contributed by atoms with Crippen LogP contribution in [0.2, 0.25) is 0 Å². The van der Waals surface area contributed by atoms with Crippen molar-refractivity contribution in [3.63, 3.8) is 0 Å². The number of primary amides is 1. The van der Waals surface area contributed by atoms with Crippen LogP contribution >= 0.6 is 0 Å². The Labute approximate surface area is 124 Å². The summed E-state index contributed by atoms with van der Waals surface area (Å²) < 4.78 is 27.6. The van der Waals surface area contributed by atoms with Gasteiger partial charge in [-0.2, -0.15) is 0 Å². The fourth-order valence-corrected chi connectivity index (χ4v) is 4.56. The van der Waals surface area contributed by atoms with Crippen LogP contribution in [0.5, 0.6) is 0 Å². The topological polar surface area (TPSA) is 101 Å². The molecule has 114 valence electrons. The van der Waals surface area contributed by atoms with Gasteiger partial charge in [-0.05, 0) is 43.9 Å². The van der Waals surface area contributed by atoms with E-state index in [0.29, 0.717) is 12.1 Å². The van der Waals surface area contributed by atoms with Gasteiger partial charge in [-0.15, -0.1) is 0 Å². The Kier molecular flexibility index (Phi) is 3.73. The molecule has 2 fully saturated rings. The number of rotatable bonds is 4. The molecular weight excluding hydrogens is 290 g/mol. The normalized spacial score (nSPS) is 28.5. The number of nitrogens with one attached hydrogen (secondary N) is 2. The molecule has 7 heteroatoms. The van der Waals surface area contributed by atoms with Gasteiger partial charge in [0.1, 0.15) is 0 Å². The van der Waals surface area contributed by atoms with E-state index in [-0.39, 0.29) is 16.5 Å². The third kappa shape index (κ3) is 3.09. The highest BCUT2D eigenvalue weighted by molar-refractivity contribution is 7.89. The second-order valence-corrected chi connectivity index (χ2v) is 7.53. The standard InChI is InChI=1S/C14H19N3O3S/c15-14(18)9-2-1-3-13(6-9)21(19,20)17-12-7-10-4-5-11(8-12)16-10/h1-3,6,10-12,16-17H,4-5,7-8H2,(H2,15,18). The average Bonchev–Trinajstić information content (AvgIpc) is 2.77. The highest BCUT2D eigenvalue weighted by Gasteiger charge is 2.35. The minimum absolute atomic E-state index is 0.0500. The molecule has 1 aromatic rings. The Bertz CT molecular complexity index is 647. The van der Waals surface area contributed by atoms with Crippen LogP contribution < -0.4 is 15.8 Å². The Hall–Kier alpha value is -1.44. The molecule has 2 heterocycles. The van der Waals surface area contributed by atoms with Gasteiger partial charge in [0.25, 0.3) is 0 Å². The number of sulfonamides is 1. The highest BCUT2D eigenvalue weighted by Crippen LogP contribution is 2.27. The van der Waals surface area contributed by atoms with E-state index in [4.69, 9.17) is 5.73 Å². The van der Waals surface area contributed by atoms with E-state index in [2.05, 4.69) is 10.0 Å². The number of carbonyl (C=O) groups is 1. The molecule has 1 aromatic carbocycles. The van der Waals surface area contributed by atoms with Crippen molar-refractivity contribution in [3.05, 3.63) is 29.8 Å². The zero-order valence-corrected chi connectivity index (χ0v) is 12.4. The highest BCUT2D eigenvalue weighted by atomic mass is 32.2. The maximum atomic E-state index is 12.4. The summed E-state index contributed by atoms with van der Waals surface area (Å²) in [5.41, 5.74) is 5.39. The van der Waals surface area contributed by atoms with Crippen LogP contribution in [0, 0.1) is 0 Å². The maximum Gasteiger partial charge on any atom is 0.248 e. The summed E-state index contributed by atoms with van der Waals surface area (Å²) in [5, 5.41) is 3.47. The SMILES string of the molecule is NC(=O)c1cccc(S(=O)(=O)NC2CC3CCC(C2)N3)c1. The van der Waals surface area contributed by atoms with Crippen molar-refractivity contribution in [2.75, 3.05) is 0 Å². The summed E-state index contributed by atoms with van der Waals surface area (Å²) in [6, 6.07) is 6.60. The first kappa shape index (κ1) is 14.5. The molecular formula is C14H19N3O3S. The zero-order chi connectivity index (χ0) is 15.0. The molecule has 2 bridgehead atoms. The van der Waals surface area contributed by atoms with Gasteiger partial charge < -0.3 is 11.1 Å². The van der Waals surface area contributed by atoms with Crippen LogP contribution in [-0.4, -0.2) is 32.5 Å². The number of amides is 1. The molecule has 0 saturated carbocycles. The van der Waals surface area contributed by atoms with Gasteiger partial charge in [-0.1, -0.05) is 6.07 Å². The molecule has 4 N–H and O–H groups in total. The smallest absolute Gasteiger partial charge is 0.248 e. The minimum atomic E-state index is -3.62. The lowest BCUT2D eigenvalue weighted by Gasteiger charge is -2.29. The second kappa shape index (κ2) is 5.40. The van der Waals surface area contributed by atoms with Crippen LogP contribution in [-0.2, 0) is 10.0 Å². The lowest BCUT2D eigenvalue weighted by molar-refractivity contribution is 0.1000. The zero-order valence-electron chi connectivity index (χ0n) is 11.6. The van der Waals surface area contributed by atoms with Crippen molar-refractivity contribution in [1.29, 1.82) is 0 Å². The third-order valence-corrected chi connectivity index (χ3v) is 5.74. The lowest BCUT2D eigenvalue weighted by atomic mass is 10.0. The lowest BCUT2D eigenvalue weighted by Crippen LogP contribution is -2.47. The number of nitrogens with two attached hydrogens (primary N) is 1. The first-order valence-electron chi connectivity index (χ1n) is 7.12. The predicted molar refractivity (Wildman–Crippen MR) is 78.2 cm³/mol. The van der Waals surface area contributed by atoms with Crippen molar-refractivity contribution in [1.82, 2.24) is 10.0 Å². The van der Waals surface area contributed by atoms with Gasteiger partial charge in [0.15, 0.2) is 0 Å². The third-order valence-electron chi connectivity index (χ3n) is 4.22. The molecule has 0 aromatic heterocycles. The number of carbonyl (C=O) groups excluding carboxylic acids is 1. The van der Waals surface area contributed by atoms with Gasteiger partial charge in [0.2, 0.25) is 15.9 Å². The van der Waals surface area contributed by atoms with E-state index in [0.717, 1.165) is 25.7 Å². The summed E-state index contributed by atoms with van der Waals surface area (Å²) in [6.45, 7) is 0. The first-order valence-corrected chi connectivity index (χ1v) is 8.60. The van der Waals surface area contributed by atoms with Crippen LogP contribution in [0.4, 0.5) is 0 Å². The van der Waals surface area contributed by atoms with Gasteiger partial charge in [0, 0.05) is 23.7 Å². The monoisotopic (exact) mass is 309 g/mol. The second-order valence-electron chi connectivity index (χ2n) is 5.82. The molecule has 2 saturated heterocycles. The number of piperidine rings is 1. The molecule has 6 nitrogen and oxygen atoms in total. The van der Waals surface area contributed by atoms with E-state index in [1.807, 2.05) is 0 Å². The Balaban J connectivity index is 1.77. The molecule has 0 radical (unpaired) electrons. The molecule has 0 aliphatic carbocycles. The molecule has 3 rings (SSSR count). The van der Waals surface area contributed by atoms with Crippen LogP contribution in [0.25, 0.3) is 0 Å². The quantitative estimate of drug-likeness (QED) is 0.747. The Morgan fingerprint density at radius 2 is 1.90 bits per heavy atom. The van der Waals surface area contributed by atoms with Gasteiger partial charge in [0.05, 0.1) is 4.90 Å². The number of hydrogen-bond donors (Lipinski definition) is 3. The first-order chi connectivity index (χ1) is 9.94.